The predicted molar refractivity (Wildman–Crippen MR) is 84.0 cm³/mol. The van der Waals surface area contributed by atoms with Gasteiger partial charge in [-0.3, -0.25) is 19.7 Å². The zero-order valence-electron chi connectivity index (χ0n) is 12.0. The Morgan fingerprint density at radius 3 is 2.68 bits per heavy atom. The van der Waals surface area contributed by atoms with E-state index in [1.807, 2.05) is 43.3 Å². The minimum Gasteiger partial charge on any atom is -0.364 e. The molecule has 3 rings (SSSR count). The van der Waals surface area contributed by atoms with Crippen molar-refractivity contribution >= 4 is 5.91 Å². The largest absolute Gasteiger partial charge is 0.364 e. The van der Waals surface area contributed by atoms with Crippen LogP contribution < -0.4 is 5.73 Å². The third-order valence-electron chi connectivity index (χ3n) is 3.26. The molecule has 0 unspecified atom stereocenters. The molecule has 0 bridgehead atoms. The molecular weight excluding hydrogens is 276 g/mol. The molecular formula is C17H14N4O. The van der Waals surface area contributed by atoms with E-state index in [4.69, 9.17) is 5.73 Å². The van der Waals surface area contributed by atoms with Crippen LogP contribution in [0.5, 0.6) is 0 Å². The second kappa shape index (κ2) is 5.73. The fraction of sp³-hybridized carbons (Fsp3) is 0.0588. The Kier molecular flexibility index (Phi) is 3.62. The molecule has 0 radical (unpaired) electrons. The van der Waals surface area contributed by atoms with E-state index in [-0.39, 0.29) is 5.69 Å². The predicted octanol–water partition coefficient (Wildman–Crippen LogP) is 2.61. The molecule has 0 spiro atoms. The van der Waals surface area contributed by atoms with E-state index in [2.05, 4.69) is 15.0 Å². The number of hydrogen-bond donors (Lipinski definition) is 1. The summed E-state index contributed by atoms with van der Waals surface area (Å²) in [6.07, 6.45) is 3.29. The minimum atomic E-state index is -0.555. The number of aryl methyl sites for hydroxylation is 1. The Labute approximate surface area is 127 Å². The molecule has 5 heteroatoms. The summed E-state index contributed by atoms with van der Waals surface area (Å²) in [5.74, 6) is -0.555. The third kappa shape index (κ3) is 2.69. The van der Waals surface area contributed by atoms with Gasteiger partial charge in [-0.25, -0.2) is 0 Å². The standard InChI is InChI=1S/C17H14N4O/c1-11-4-2-6-14(21-11)16-13(5-3-8-20-16)12-7-9-19-15(10-12)17(18)22/h2-10H,1H3,(H2,18,22). The lowest BCUT2D eigenvalue weighted by Gasteiger charge is -2.09. The van der Waals surface area contributed by atoms with Gasteiger partial charge in [0, 0.05) is 23.7 Å². The maximum absolute atomic E-state index is 11.3. The summed E-state index contributed by atoms with van der Waals surface area (Å²) in [4.78, 5) is 24.2. The second-order valence-corrected chi connectivity index (χ2v) is 4.86. The maximum Gasteiger partial charge on any atom is 0.267 e. The van der Waals surface area contributed by atoms with Gasteiger partial charge in [-0.1, -0.05) is 12.1 Å². The van der Waals surface area contributed by atoms with Gasteiger partial charge in [0.1, 0.15) is 5.69 Å². The zero-order chi connectivity index (χ0) is 15.5. The highest BCUT2D eigenvalue weighted by Gasteiger charge is 2.11. The first-order valence-corrected chi connectivity index (χ1v) is 6.80. The molecule has 3 aromatic rings. The van der Waals surface area contributed by atoms with Crippen LogP contribution in [0.1, 0.15) is 16.2 Å². The van der Waals surface area contributed by atoms with E-state index in [9.17, 15) is 4.79 Å². The smallest absolute Gasteiger partial charge is 0.267 e. The lowest BCUT2D eigenvalue weighted by Crippen LogP contribution is -2.12. The van der Waals surface area contributed by atoms with Crippen molar-refractivity contribution in [2.75, 3.05) is 0 Å². The Morgan fingerprint density at radius 2 is 1.91 bits per heavy atom. The number of amides is 1. The van der Waals surface area contributed by atoms with Crippen LogP contribution >= 0.6 is 0 Å². The van der Waals surface area contributed by atoms with Gasteiger partial charge in [-0.05, 0) is 42.8 Å². The molecule has 0 aliphatic carbocycles. The average molecular weight is 290 g/mol. The molecule has 108 valence electrons. The van der Waals surface area contributed by atoms with Crippen LogP contribution in [0.2, 0.25) is 0 Å². The number of rotatable bonds is 3. The minimum absolute atomic E-state index is 0.226. The van der Waals surface area contributed by atoms with E-state index in [0.29, 0.717) is 0 Å². The first-order chi connectivity index (χ1) is 10.6. The van der Waals surface area contributed by atoms with Gasteiger partial charge in [0.25, 0.3) is 5.91 Å². The van der Waals surface area contributed by atoms with Gasteiger partial charge >= 0.3 is 0 Å². The quantitative estimate of drug-likeness (QED) is 0.804. The molecule has 0 saturated heterocycles. The SMILES string of the molecule is Cc1cccc(-c2ncccc2-c2ccnc(C(N)=O)c2)n1. The normalized spacial score (nSPS) is 10.4. The van der Waals surface area contributed by atoms with Crippen molar-refractivity contribution in [2.45, 2.75) is 6.92 Å². The molecule has 5 nitrogen and oxygen atoms in total. The van der Waals surface area contributed by atoms with Crippen molar-refractivity contribution in [1.29, 1.82) is 0 Å². The first-order valence-electron chi connectivity index (χ1n) is 6.80. The number of carbonyl (C=O) groups is 1. The van der Waals surface area contributed by atoms with E-state index >= 15 is 0 Å². The maximum atomic E-state index is 11.3. The van der Waals surface area contributed by atoms with Crippen LogP contribution in [0.15, 0.2) is 54.9 Å². The molecule has 0 atom stereocenters. The molecule has 0 saturated carbocycles. The molecule has 0 fully saturated rings. The van der Waals surface area contributed by atoms with Gasteiger partial charge in [-0.2, -0.15) is 0 Å². The number of nitrogens with two attached hydrogens (primary N) is 1. The van der Waals surface area contributed by atoms with Gasteiger partial charge in [0.2, 0.25) is 0 Å². The highest BCUT2D eigenvalue weighted by atomic mass is 16.1. The Hall–Kier alpha value is -3.08. The fourth-order valence-corrected chi connectivity index (χ4v) is 2.25. The van der Waals surface area contributed by atoms with Crippen molar-refractivity contribution < 1.29 is 4.79 Å². The van der Waals surface area contributed by atoms with E-state index < -0.39 is 5.91 Å². The topological polar surface area (TPSA) is 81.8 Å². The fourth-order valence-electron chi connectivity index (χ4n) is 2.25. The number of nitrogens with zero attached hydrogens (tertiary/aromatic N) is 3. The van der Waals surface area contributed by atoms with Crippen LogP contribution in [-0.4, -0.2) is 20.9 Å². The van der Waals surface area contributed by atoms with Crippen molar-refractivity contribution in [3.63, 3.8) is 0 Å². The molecule has 2 N–H and O–H groups in total. The van der Waals surface area contributed by atoms with E-state index in [1.165, 1.54) is 0 Å². The summed E-state index contributed by atoms with van der Waals surface area (Å²) in [7, 11) is 0. The zero-order valence-corrected chi connectivity index (χ0v) is 12.0. The molecule has 0 aliphatic rings. The summed E-state index contributed by atoms with van der Waals surface area (Å²) in [5.41, 5.74) is 9.70. The van der Waals surface area contributed by atoms with Crippen LogP contribution in [0.4, 0.5) is 0 Å². The lowest BCUT2D eigenvalue weighted by molar-refractivity contribution is 0.0995. The third-order valence-corrected chi connectivity index (χ3v) is 3.26. The summed E-state index contributed by atoms with van der Waals surface area (Å²) < 4.78 is 0. The monoisotopic (exact) mass is 290 g/mol. The highest BCUT2D eigenvalue weighted by molar-refractivity contribution is 5.92. The van der Waals surface area contributed by atoms with Crippen molar-refractivity contribution in [2.24, 2.45) is 5.73 Å². The number of pyridine rings is 3. The van der Waals surface area contributed by atoms with Gasteiger partial charge in [0.15, 0.2) is 0 Å². The van der Waals surface area contributed by atoms with E-state index in [0.717, 1.165) is 28.2 Å². The van der Waals surface area contributed by atoms with Gasteiger partial charge in [-0.15, -0.1) is 0 Å². The molecule has 3 heterocycles. The van der Waals surface area contributed by atoms with Crippen molar-refractivity contribution in [3.05, 3.63) is 66.2 Å². The number of hydrogen-bond acceptors (Lipinski definition) is 4. The summed E-state index contributed by atoms with van der Waals surface area (Å²) in [6, 6.07) is 13.1. The number of primary amides is 1. The Bertz CT molecular complexity index is 845. The Morgan fingerprint density at radius 1 is 1.05 bits per heavy atom. The van der Waals surface area contributed by atoms with Crippen LogP contribution in [-0.2, 0) is 0 Å². The van der Waals surface area contributed by atoms with Crippen LogP contribution in [0.3, 0.4) is 0 Å². The lowest BCUT2D eigenvalue weighted by atomic mass is 10.0. The number of aromatic nitrogens is 3. The second-order valence-electron chi connectivity index (χ2n) is 4.86. The molecule has 1 amide bonds. The summed E-state index contributed by atoms with van der Waals surface area (Å²) >= 11 is 0. The number of carbonyl (C=O) groups excluding carboxylic acids is 1. The molecule has 22 heavy (non-hydrogen) atoms. The van der Waals surface area contributed by atoms with Crippen molar-refractivity contribution in [3.8, 4) is 22.5 Å². The van der Waals surface area contributed by atoms with Crippen LogP contribution in [0.25, 0.3) is 22.5 Å². The molecule has 0 aliphatic heterocycles. The Balaban J connectivity index is 2.17. The van der Waals surface area contributed by atoms with Gasteiger partial charge in [0.05, 0.1) is 11.4 Å². The van der Waals surface area contributed by atoms with Crippen molar-refractivity contribution in [1.82, 2.24) is 15.0 Å². The first kappa shape index (κ1) is 13.9. The van der Waals surface area contributed by atoms with E-state index in [1.54, 1.807) is 18.5 Å². The molecule has 0 aromatic carbocycles. The van der Waals surface area contributed by atoms with Crippen LogP contribution in [0, 0.1) is 6.92 Å². The summed E-state index contributed by atoms with van der Waals surface area (Å²) in [5, 5.41) is 0. The van der Waals surface area contributed by atoms with Gasteiger partial charge < -0.3 is 5.73 Å². The average Bonchev–Trinajstić information content (AvgIpc) is 2.55. The summed E-state index contributed by atoms with van der Waals surface area (Å²) in [6.45, 7) is 1.93. The highest BCUT2D eigenvalue weighted by Crippen LogP contribution is 2.29. The molecule has 3 aromatic heterocycles.